The molecule has 0 aliphatic carbocycles. The number of carbonyl (C=O) groups excluding carboxylic acids is 2. The second kappa shape index (κ2) is 11.5. The number of hydrogen-bond donors (Lipinski definition) is 1. The summed E-state index contributed by atoms with van der Waals surface area (Å²) in [6, 6.07) is 12.3. The maximum absolute atomic E-state index is 12.7. The molecule has 1 atom stereocenters. The van der Waals surface area contributed by atoms with E-state index in [1.807, 2.05) is 30.3 Å². The number of piperidine rings is 1. The van der Waals surface area contributed by atoms with Crippen LogP contribution >= 0.6 is 0 Å². The Morgan fingerprint density at radius 1 is 1.12 bits per heavy atom. The minimum atomic E-state index is -4.48. The lowest BCUT2D eigenvalue weighted by atomic mass is 9.96. The lowest BCUT2D eigenvalue weighted by Crippen LogP contribution is -2.45. The van der Waals surface area contributed by atoms with Gasteiger partial charge in [-0.3, -0.25) is 9.59 Å². The van der Waals surface area contributed by atoms with E-state index in [9.17, 15) is 22.8 Å². The number of pyridine rings is 1. The summed E-state index contributed by atoms with van der Waals surface area (Å²) in [4.78, 5) is 30.7. The van der Waals surface area contributed by atoms with E-state index in [-0.39, 0.29) is 37.3 Å². The normalized spacial score (nSPS) is 16.2. The van der Waals surface area contributed by atoms with Crippen molar-refractivity contribution >= 4 is 11.8 Å². The van der Waals surface area contributed by atoms with Crippen LogP contribution in [0.1, 0.15) is 24.8 Å². The molecule has 2 heterocycles. The zero-order chi connectivity index (χ0) is 23.7. The Hall–Kier alpha value is -3.30. The van der Waals surface area contributed by atoms with Gasteiger partial charge in [-0.05, 0) is 31.0 Å². The zero-order valence-corrected chi connectivity index (χ0v) is 18.0. The van der Waals surface area contributed by atoms with E-state index in [1.54, 1.807) is 17.0 Å². The van der Waals surface area contributed by atoms with E-state index < -0.39 is 18.7 Å². The maximum Gasteiger partial charge on any atom is 0.422 e. The first-order chi connectivity index (χ1) is 15.8. The summed E-state index contributed by atoms with van der Waals surface area (Å²) in [7, 11) is 0. The monoisotopic (exact) mass is 465 g/mol. The number of aromatic nitrogens is 1. The molecule has 1 fully saturated rings. The summed E-state index contributed by atoms with van der Waals surface area (Å²) < 4.78 is 47.6. The Labute approximate surface area is 189 Å². The lowest BCUT2D eigenvalue weighted by Gasteiger charge is -2.32. The van der Waals surface area contributed by atoms with Crippen LogP contribution in [0.4, 0.5) is 13.2 Å². The van der Waals surface area contributed by atoms with Gasteiger partial charge in [0.05, 0.1) is 18.9 Å². The van der Waals surface area contributed by atoms with Crippen LogP contribution in [0.3, 0.4) is 0 Å². The molecule has 33 heavy (non-hydrogen) atoms. The molecular weight excluding hydrogens is 439 g/mol. The molecule has 178 valence electrons. The highest BCUT2D eigenvalue weighted by atomic mass is 19.4. The first-order valence-corrected chi connectivity index (χ1v) is 10.7. The molecule has 1 unspecified atom stereocenters. The predicted molar refractivity (Wildman–Crippen MR) is 113 cm³/mol. The van der Waals surface area contributed by atoms with Crippen LogP contribution in [0.2, 0.25) is 0 Å². The number of hydrogen-bond acceptors (Lipinski definition) is 5. The average Bonchev–Trinajstić information content (AvgIpc) is 2.82. The van der Waals surface area contributed by atoms with Crippen molar-refractivity contribution in [1.29, 1.82) is 0 Å². The highest BCUT2D eigenvalue weighted by molar-refractivity contribution is 5.81. The van der Waals surface area contributed by atoms with E-state index in [4.69, 9.17) is 9.47 Å². The zero-order valence-electron chi connectivity index (χ0n) is 18.0. The van der Waals surface area contributed by atoms with Gasteiger partial charge in [0.25, 0.3) is 0 Å². The van der Waals surface area contributed by atoms with Gasteiger partial charge >= 0.3 is 6.18 Å². The molecule has 0 spiro atoms. The number of rotatable bonds is 9. The second-order valence-corrected chi connectivity index (χ2v) is 7.68. The minimum Gasteiger partial charge on any atom is -0.493 e. The number of nitrogens with one attached hydrogen (secondary N) is 1. The van der Waals surface area contributed by atoms with Gasteiger partial charge in [0.15, 0.2) is 6.61 Å². The number of ether oxygens (including phenoxy) is 2. The van der Waals surface area contributed by atoms with Crippen molar-refractivity contribution in [3.05, 3.63) is 54.2 Å². The molecule has 2 amide bonds. The Kier molecular flexibility index (Phi) is 8.51. The fourth-order valence-electron chi connectivity index (χ4n) is 3.51. The third kappa shape index (κ3) is 7.96. The van der Waals surface area contributed by atoms with Crippen LogP contribution in [-0.4, -0.2) is 54.2 Å². The molecule has 1 saturated heterocycles. The number of carbonyl (C=O) groups is 2. The highest BCUT2D eigenvalue weighted by Crippen LogP contribution is 2.21. The Morgan fingerprint density at radius 3 is 2.67 bits per heavy atom. The SMILES string of the molecule is O=C(NCc1cccnc1OCC(F)(F)F)C1CCCN(C(=O)CCOc2ccccc2)C1. The van der Waals surface area contributed by atoms with Gasteiger partial charge in [-0.1, -0.05) is 24.3 Å². The van der Waals surface area contributed by atoms with Gasteiger partial charge in [0.2, 0.25) is 17.7 Å². The first kappa shape index (κ1) is 24.3. The predicted octanol–water partition coefficient (Wildman–Crippen LogP) is 3.35. The molecule has 1 N–H and O–H groups in total. The lowest BCUT2D eigenvalue weighted by molar-refractivity contribution is -0.154. The molecule has 7 nitrogen and oxygen atoms in total. The van der Waals surface area contributed by atoms with Gasteiger partial charge in [-0.15, -0.1) is 0 Å². The van der Waals surface area contributed by atoms with E-state index in [0.29, 0.717) is 37.2 Å². The van der Waals surface area contributed by atoms with Gasteiger partial charge in [0.1, 0.15) is 5.75 Å². The molecule has 0 bridgehead atoms. The average molecular weight is 465 g/mol. The smallest absolute Gasteiger partial charge is 0.422 e. The van der Waals surface area contributed by atoms with Crippen molar-refractivity contribution in [2.75, 3.05) is 26.3 Å². The van der Waals surface area contributed by atoms with E-state index in [2.05, 4.69) is 10.3 Å². The van der Waals surface area contributed by atoms with Crippen LogP contribution in [0, 0.1) is 5.92 Å². The fraction of sp³-hybridized carbons (Fsp3) is 0.435. The minimum absolute atomic E-state index is 0.0186. The number of benzene rings is 1. The molecule has 0 radical (unpaired) electrons. The van der Waals surface area contributed by atoms with Crippen molar-refractivity contribution in [3.8, 4) is 11.6 Å². The van der Waals surface area contributed by atoms with Gasteiger partial charge in [0, 0.05) is 31.4 Å². The van der Waals surface area contributed by atoms with Crippen molar-refractivity contribution in [1.82, 2.24) is 15.2 Å². The number of halogens is 3. The van der Waals surface area contributed by atoms with Gasteiger partial charge in [-0.25, -0.2) is 4.98 Å². The van der Waals surface area contributed by atoms with Crippen LogP contribution in [-0.2, 0) is 16.1 Å². The number of amides is 2. The summed E-state index contributed by atoms with van der Waals surface area (Å²) in [5.41, 5.74) is 0.344. The fourth-order valence-corrected chi connectivity index (χ4v) is 3.51. The van der Waals surface area contributed by atoms with Crippen LogP contribution in [0.15, 0.2) is 48.7 Å². The van der Waals surface area contributed by atoms with Gasteiger partial charge < -0.3 is 19.7 Å². The topological polar surface area (TPSA) is 80.8 Å². The molecule has 3 rings (SSSR count). The second-order valence-electron chi connectivity index (χ2n) is 7.68. The Morgan fingerprint density at radius 2 is 1.91 bits per heavy atom. The number of para-hydroxylation sites is 1. The maximum atomic E-state index is 12.7. The third-order valence-corrected chi connectivity index (χ3v) is 5.15. The van der Waals surface area contributed by atoms with Crippen LogP contribution in [0.5, 0.6) is 11.6 Å². The van der Waals surface area contributed by atoms with Crippen LogP contribution in [0.25, 0.3) is 0 Å². The Balaban J connectivity index is 1.46. The molecular formula is C23H26F3N3O4. The quantitative estimate of drug-likeness (QED) is 0.615. The van der Waals surface area contributed by atoms with Crippen molar-refractivity contribution in [2.24, 2.45) is 5.92 Å². The summed E-state index contributed by atoms with van der Waals surface area (Å²) in [6.45, 7) is -0.363. The molecule has 10 heteroatoms. The first-order valence-electron chi connectivity index (χ1n) is 10.7. The summed E-state index contributed by atoms with van der Waals surface area (Å²) in [6.07, 6.45) is -1.64. The number of nitrogens with zero attached hydrogens (tertiary/aromatic N) is 2. The molecule has 1 aromatic carbocycles. The summed E-state index contributed by atoms with van der Waals surface area (Å²) in [5, 5.41) is 2.73. The molecule has 1 aliphatic heterocycles. The number of alkyl halides is 3. The van der Waals surface area contributed by atoms with Crippen molar-refractivity contribution < 1.29 is 32.2 Å². The largest absolute Gasteiger partial charge is 0.493 e. The third-order valence-electron chi connectivity index (χ3n) is 5.15. The summed E-state index contributed by atoms with van der Waals surface area (Å²) in [5.74, 6) is -0.227. The van der Waals surface area contributed by atoms with Crippen LogP contribution < -0.4 is 14.8 Å². The Bertz CT molecular complexity index is 925. The van der Waals surface area contributed by atoms with E-state index in [0.717, 1.165) is 0 Å². The molecule has 2 aromatic rings. The molecule has 1 aliphatic rings. The van der Waals surface area contributed by atoms with E-state index >= 15 is 0 Å². The number of likely N-dealkylation sites (tertiary alicyclic amines) is 1. The molecule has 0 saturated carbocycles. The highest BCUT2D eigenvalue weighted by Gasteiger charge is 2.30. The standard InChI is InChI=1S/C23H26F3N3O4/c24-23(25,26)16-33-22-17(6-4-11-27-22)14-28-21(31)18-7-5-12-29(15-18)20(30)10-13-32-19-8-2-1-3-9-19/h1-4,6,8-9,11,18H,5,7,10,12-16H2,(H,28,31). The van der Waals surface area contributed by atoms with E-state index in [1.165, 1.54) is 6.20 Å². The summed E-state index contributed by atoms with van der Waals surface area (Å²) >= 11 is 0. The van der Waals surface area contributed by atoms with Crippen molar-refractivity contribution in [3.63, 3.8) is 0 Å². The van der Waals surface area contributed by atoms with Gasteiger partial charge in [-0.2, -0.15) is 13.2 Å². The molecule has 1 aromatic heterocycles. The van der Waals surface area contributed by atoms with Crippen molar-refractivity contribution in [2.45, 2.75) is 32.0 Å².